The first kappa shape index (κ1) is 17.5. The number of fused-ring (bicyclic) bond motifs is 1. The number of nitrogens with one attached hydrogen (secondary N) is 1. The number of anilines is 2. The van der Waals surface area contributed by atoms with Crippen LogP contribution in [0, 0.1) is 0 Å². The molecule has 4 rings (SSSR count). The molecule has 6 heteroatoms. The highest BCUT2D eigenvalue weighted by molar-refractivity contribution is 6.30. The minimum Gasteiger partial charge on any atom is -0.497 e. The van der Waals surface area contributed by atoms with Crippen LogP contribution in [-0.4, -0.2) is 22.9 Å². The third-order valence-electron chi connectivity index (χ3n) is 4.73. The summed E-state index contributed by atoms with van der Waals surface area (Å²) >= 11 is 5.91. The molecule has 1 atom stereocenters. The van der Waals surface area contributed by atoms with Gasteiger partial charge in [-0.1, -0.05) is 23.7 Å². The summed E-state index contributed by atoms with van der Waals surface area (Å²) in [5.74, 6) is 1.46. The number of ether oxygens (including phenoxy) is 1. The molecule has 3 aromatic rings. The molecule has 5 nitrogen and oxygen atoms in total. The predicted molar refractivity (Wildman–Crippen MR) is 105 cm³/mol. The first-order valence-electron chi connectivity index (χ1n) is 8.68. The van der Waals surface area contributed by atoms with Crippen LogP contribution in [-0.2, 0) is 6.42 Å². The summed E-state index contributed by atoms with van der Waals surface area (Å²) in [4.78, 5) is 21.4. The van der Waals surface area contributed by atoms with Gasteiger partial charge >= 0.3 is 0 Å². The zero-order chi connectivity index (χ0) is 18.8. The van der Waals surface area contributed by atoms with Gasteiger partial charge in [0, 0.05) is 23.3 Å². The second-order valence-electron chi connectivity index (χ2n) is 6.49. The Balaban J connectivity index is 1.58. The van der Waals surface area contributed by atoms with Crippen LogP contribution in [0.1, 0.15) is 34.0 Å². The number of Topliss-reactive ketones (excluding diaryl/α,β-unsaturated/α-hetero) is 1. The van der Waals surface area contributed by atoms with Crippen molar-refractivity contribution in [2.45, 2.75) is 18.8 Å². The number of halogens is 1. The van der Waals surface area contributed by atoms with E-state index in [4.69, 9.17) is 16.3 Å². The smallest absolute Gasteiger partial charge is 0.227 e. The van der Waals surface area contributed by atoms with Gasteiger partial charge in [-0.2, -0.15) is 0 Å². The van der Waals surface area contributed by atoms with Gasteiger partial charge in [-0.05, 0) is 54.3 Å². The zero-order valence-electron chi connectivity index (χ0n) is 14.8. The van der Waals surface area contributed by atoms with Crippen LogP contribution < -0.4 is 10.1 Å². The number of aromatic nitrogens is 2. The van der Waals surface area contributed by atoms with Gasteiger partial charge in [0.2, 0.25) is 5.95 Å². The van der Waals surface area contributed by atoms with Crippen molar-refractivity contribution in [2.24, 2.45) is 0 Å². The first-order valence-corrected chi connectivity index (χ1v) is 9.06. The quantitative estimate of drug-likeness (QED) is 0.705. The topological polar surface area (TPSA) is 64.1 Å². The maximum Gasteiger partial charge on any atom is 0.227 e. The molecule has 1 heterocycles. The molecule has 1 aromatic heterocycles. The van der Waals surface area contributed by atoms with Crippen LogP contribution in [0.5, 0.6) is 5.75 Å². The molecule has 0 aliphatic heterocycles. The molecule has 0 unspecified atom stereocenters. The highest BCUT2D eigenvalue weighted by atomic mass is 35.5. The maximum absolute atomic E-state index is 12.6. The second-order valence-corrected chi connectivity index (χ2v) is 6.92. The Hall–Kier alpha value is -2.92. The Kier molecular flexibility index (Phi) is 4.77. The molecular formula is C21H18ClN3O2. The summed E-state index contributed by atoms with van der Waals surface area (Å²) in [6.45, 7) is 0. The monoisotopic (exact) mass is 379 g/mol. The lowest BCUT2D eigenvalue weighted by Gasteiger charge is -2.23. The van der Waals surface area contributed by atoms with Crippen molar-refractivity contribution in [1.82, 2.24) is 9.97 Å². The molecular weight excluding hydrogens is 362 g/mol. The number of nitrogens with zero attached hydrogens (tertiary/aromatic N) is 2. The lowest BCUT2D eigenvalue weighted by Crippen LogP contribution is -2.21. The number of carbonyl (C=O) groups is 1. The highest BCUT2D eigenvalue weighted by Gasteiger charge is 2.28. The minimum atomic E-state index is 0.0788. The molecule has 27 heavy (non-hydrogen) atoms. The number of ketones is 1. The average Bonchev–Trinajstić information content (AvgIpc) is 2.69. The number of rotatable bonds is 4. The largest absolute Gasteiger partial charge is 0.497 e. The van der Waals surface area contributed by atoms with Gasteiger partial charge in [-0.3, -0.25) is 4.79 Å². The molecule has 1 N–H and O–H groups in total. The summed E-state index contributed by atoms with van der Waals surface area (Å²) in [5, 5.41) is 3.82. The fraction of sp³-hybridized carbons (Fsp3) is 0.190. The molecule has 0 bridgehead atoms. The molecule has 0 fully saturated rings. The van der Waals surface area contributed by atoms with Crippen molar-refractivity contribution in [3.8, 4) is 5.75 Å². The van der Waals surface area contributed by atoms with Crippen LogP contribution in [0.15, 0.2) is 54.7 Å². The standard InChI is InChI=1S/C21H18ClN3O2/c1-27-17-8-2-13(3-9-17)14-10-19-18(20(26)11-14)12-23-21(25-19)24-16-6-4-15(22)5-7-16/h2-9,12,14H,10-11H2,1H3,(H,23,24,25)/t14-/m0/s1. The SMILES string of the molecule is COc1ccc([C@@H]2CC(=O)c3cnc(Nc4ccc(Cl)cc4)nc3C2)cc1. The summed E-state index contributed by atoms with van der Waals surface area (Å²) in [7, 11) is 1.64. The number of hydrogen-bond donors (Lipinski definition) is 1. The summed E-state index contributed by atoms with van der Waals surface area (Å²) in [6.07, 6.45) is 2.78. The van der Waals surface area contributed by atoms with Crippen molar-refractivity contribution in [3.63, 3.8) is 0 Å². The Bertz CT molecular complexity index is 972. The molecule has 2 aromatic carbocycles. The van der Waals surface area contributed by atoms with Crippen LogP contribution in [0.3, 0.4) is 0 Å². The minimum absolute atomic E-state index is 0.0788. The molecule has 0 radical (unpaired) electrons. The maximum atomic E-state index is 12.6. The Morgan fingerprint density at radius 2 is 1.81 bits per heavy atom. The van der Waals surface area contributed by atoms with Crippen molar-refractivity contribution >= 4 is 29.0 Å². The van der Waals surface area contributed by atoms with E-state index in [1.807, 2.05) is 36.4 Å². The zero-order valence-corrected chi connectivity index (χ0v) is 15.5. The predicted octanol–water partition coefficient (Wildman–Crippen LogP) is 4.79. The molecule has 0 saturated heterocycles. The molecule has 1 aliphatic carbocycles. The first-order chi connectivity index (χ1) is 13.1. The number of methoxy groups -OCH3 is 1. The molecule has 0 amide bonds. The van der Waals surface area contributed by atoms with E-state index in [9.17, 15) is 4.79 Å². The Labute approximate surface area is 162 Å². The van der Waals surface area contributed by atoms with Crippen LogP contribution in [0.25, 0.3) is 0 Å². The summed E-state index contributed by atoms with van der Waals surface area (Å²) < 4.78 is 5.21. The van der Waals surface area contributed by atoms with Gasteiger partial charge < -0.3 is 10.1 Å². The third-order valence-corrected chi connectivity index (χ3v) is 4.98. The number of carbonyl (C=O) groups excluding carboxylic acids is 1. The van der Waals surface area contributed by atoms with Crippen LogP contribution >= 0.6 is 11.6 Å². The fourth-order valence-electron chi connectivity index (χ4n) is 3.28. The lowest BCUT2D eigenvalue weighted by atomic mass is 9.82. The van der Waals surface area contributed by atoms with E-state index in [0.29, 0.717) is 29.4 Å². The van der Waals surface area contributed by atoms with E-state index in [1.54, 1.807) is 25.4 Å². The van der Waals surface area contributed by atoms with Gasteiger partial charge in [-0.25, -0.2) is 9.97 Å². The lowest BCUT2D eigenvalue weighted by molar-refractivity contribution is 0.0962. The average molecular weight is 380 g/mol. The number of hydrogen-bond acceptors (Lipinski definition) is 5. The Morgan fingerprint density at radius 1 is 1.07 bits per heavy atom. The van der Waals surface area contributed by atoms with E-state index < -0.39 is 0 Å². The van der Waals surface area contributed by atoms with Gasteiger partial charge in [0.1, 0.15) is 5.75 Å². The summed E-state index contributed by atoms with van der Waals surface area (Å²) in [5.41, 5.74) is 3.34. The highest BCUT2D eigenvalue weighted by Crippen LogP contribution is 2.33. The van der Waals surface area contributed by atoms with Crippen molar-refractivity contribution in [2.75, 3.05) is 12.4 Å². The third kappa shape index (κ3) is 3.78. The van der Waals surface area contributed by atoms with E-state index in [1.165, 1.54) is 0 Å². The van der Waals surface area contributed by atoms with Gasteiger partial charge in [0.05, 0.1) is 18.4 Å². The van der Waals surface area contributed by atoms with Crippen LogP contribution in [0.4, 0.5) is 11.6 Å². The summed E-state index contributed by atoms with van der Waals surface area (Å²) in [6, 6.07) is 15.2. The van der Waals surface area contributed by atoms with E-state index in [-0.39, 0.29) is 11.7 Å². The molecule has 0 saturated carbocycles. The normalized spacial score (nSPS) is 15.9. The van der Waals surface area contributed by atoms with Gasteiger partial charge in [0.15, 0.2) is 5.78 Å². The van der Waals surface area contributed by atoms with E-state index in [2.05, 4.69) is 15.3 Å². The fourth-order valence-corrected chi connectivity index (χ4v) is 3.41. The van der Waals surface area contributed by atoms with E-state index in [0.717, 1.165) is 22.7 Å². The van der Waals surface area contributed by atoms with Gasteiger partial charge in [0.25, 0.3) is 0 Å². The van der Waals surface area contributed by atoms with Gasteiger partial charge in [-0.15, -0.1) is 0 Å². The molecule has 1 aliphatic rings. The Morgan fingerprint density at radius 3 is 2.52 bits per heavy atom. The molecule has 136 valence electrons. The molecule has 0 spiro atoms. The second kappa shape index (κ2) is 7.37. The van der Waals surface area contributed by atoms with Crippen molar-refractivity contribution in [3.05, 3.63) is 76.6 Å². The van der Waals surface area contributed by atoms with Crippen LogP contribution in [0.2, 0.25) is 5.02 Å². The number of benzene rings is 2. The van der Waals surface area contributed by atoms with Crippen molar-refractivity contribution in [1.29, 1.82) is 0 Å². The van der Waals surface area contributed by atoms with E-state index >= 15 is 0 Å². The van der Waals surface area contributed by atoms with Crippen molar-refractivity contribution < 1.29 is 9.53 Å².